The molecule has 0 radical (unpaired) electrons. The summed E-state index contributed by atoms with van der Waals surface area (Å²) >= 11 is 0. The van der Waals surface area contributed by atoms with Crippen LogP contribution in [0.2, 0.25) is 0 Å². The molecule has 3 heteroatoms. The summed E-state index contributed by atoms with van der Waals surface area (Å²) in [6.07, 6.45) is 0. The second-order valence-electron chi connectivity index (χ2n) is 6.86. The van der Waals surface area contributed by atoms with Gasteiger partial charge in [-0.2, -0.15) is 0 Å². The summed E-state index contributed by atoms with van der Waals surface area (Å²) < 4.78 is 32.7. The van der Waals surface area contributed by atoms with Gasteiger partial charge in [0, 0.05) is 22.8 Å². The van der Waals surface area contributed by atoms with Gasteiger partial charge in [0.05, 0.1) is 12.2 Å². The van der Waals surface area contributed by atoms with Gasteiger partial charge < -0.3 is 4.74 Å². The van der Waals surface area contributed by atoms with Crippen LogP contribution in [0.4, 0.5) is 8.78 Å². The minimum absolute atomic E-state index is 0.250. The van der Waals surface area contributed by atoms with Gasteiger partial charge in [0.2, 0.25) is 0 Å². The molecule has 31 heavy (non-hydrogen) atoms. The van der Waals surface area contributed by atoms with Crippen molar-refractivity contribution in [3.63, 3.8) is 0 Å². The molecule has 0 spiro atoms. The van der Waals surface area contributed by atoms with E-state index in [0.717, 1.165) is 27.5 Å². The molecule has 0 saturated heterocycles. The Morgan fingerprint density at radius 2 is 1.26 bits per heavy atom. The number of hydrogen-bond acceptors (Lipinski definition) is 1. The average molecular weight is 408 g/mol. The highest BCUT2D eigenvalue weighted by Gasteiger charge is 2.01. The maximum absolute atomic E-state index is 14.1. The van der Waals surface area contributed by atoms with Crippen LogP contribution in [0, 0.1) is 35.3 Å². The highest BCUT2D eigenvalue weighted by molar-refractivity contribution is 5.84. The predicted molar refractivity (Wildman–Crippen MR) is 120 cm³/mol. The van der Waals surface area contributed by atoms with Gasteiger partial charge in [0.15, 0.2) is 0 Å². The Bertz CT molecular complexity index is 1360. The maximum Gasteiger partial charge on any atom is 0.142 e. The summed E-state index contributed by atoms with van der Waals surface area (Å²) in [5, 5.41) is 1.79. The van der Waals surface area contributed by atoms with E-state index in [4.69, 9.17) is 4.74 Å². The van der Waals surface area contributed by atoms with Crippen LogP contribution in [0.15, 0.2) is 78.9 Å². The second kappa shape index (κ2) is 9.16. The number of fused-ring (bicyclic) bond motifs is 1. The summed E-state index contributed by atoms with van der Waals surface area (Å²) in [4.78, 5) is 0. The third-order valence-electron chi connectivity index (χ3n) is 4.63. The van der Waals surface area contributed by atoms with Crippen molar-refractivity contribution < 1.29 is 13.5 Å². The summed E-state index contributed by atoms with van der Waals surface area (Å²) in [7, 11) is 0. The van der Waals surface area contributed by atoms with E-state index in [2.05, 4.69) is 23.7 Å². The number of benzene rings is 4. The van der Waals surface area contributed by atoms with Crippen molar-refractivity contribution in [2.75, 3.05) is 6.61 Å². The zero-order chi connectivity index (χ0) is 21.6. The van der Waals surface area contributed by atoms with Crippen molar-refractivity contribution in [3.8, 4) is 29.4 Å². The smallest absolute Gasteiger partial charge is 0.142 e. The van der Waals surface area contributed by atoms with Crippen LogP contribution < -0.4 is 4.74 Å². The van der Waals surface area contributed by atoms with E-state index in [1.165, 1.54) is 18.2 Å². The minimum Gasteiger partial charge on any atom is -0.494 e. The fourth-order valence-corrected chi connectivity index (χ4v) is 3.07. The van der Waals surface area contributed by atoms with Gasteiger partial charge in [0.1, 0.15) is 17.4 Å². The zero-order valence-electron chi connectivity index (χ0n) is 16.9. The number of halogens is 2. The summed E-state index contributed by atoms with van der Waals surface area (Å²) in [6.45, 7) is 2.34. The molecule has 0 bridgehead atoms. The first-order chi connectivity index (χ1) is 15.1. The van der Waals surface area contributed by atoms with Gasteiger partial charge in [-0.15, -0.1) is 0 Å². The van der Waals surface area contributed by atoms with E-state index in [0.29, 0.717) is 17.9 Å². The fraction of sp³-hybridized carbons (Fsp3) is 0.0714. The van der Waals surface area contributed by atoms with Crippen LogP contribution in [0.3, 0.4) is 0 Å². The molecule has 0 aliphatic carbocycles. The molecule has 4 aromatic rings. The molecule has 0 fully saturated rings. The van der Waals surface area contributed by atoms with Gasteiger partial charge in [-0.3, -0.25) is 0 Å². The Balaban J connectivity index is 1.49. The standard InChI is InChI=1S/C28H18F2O/c1-2-31-27-16-14-23(28(30)19-27)11-9-21-5-3-20(4-6-21)7-8-22-10-12-25-18-26(29)15-13-24(25)17-22/h3-6,10,12-19H,2H2,1H3. The van der Waals surface area contributed by atoms with Crippen molar-refractivity contribution in [2.45, 2.75) is 6.92 Å². The summed E-state index contributed by atoms with van der Waals surface area (Å²) in [6, 6.07) is 22.5. The first-order valence-electron chi connectivity index (χ1n) is 9.86. The minimum atomic E-state index is -0.404. The van der Waals surface area contributed by atoms with E-state index in [1.54, 1.807) is 18.2 Å². The Labute approximate surface area is 180 Å². The first kappa shape index (κ1) is 20.2. The summed E-state index contributed by atoms with van der Waals surface area (Å²) in [5.74, 6) is 11.9. The molecule has 150 valence electrons. The normalized spacial score (nSPS) is 10.0. The molecule has 0 saturated carbocycles. The molecule has 0 aliphatic rings. The van der Waals surface area contributed by atoms with Gasteiger partial charge in [0.25, 0.3) is 0 Å². The van der Waals surface area contributed by atoms with Crippen LogP contribution in [-0.2, 0) is 0 Å². The Hall–Kier alpha value is -4.08. The second-order valence-corrected chi connectivity index (χ2v) is 6.86. The lowest BCUT2D eigenvalue weighted by atomic mass is 10.1. The molecule has 0 aromatic heterocycles. The molecule has 0 amide bonds. The lowest BCUT2D eigenvalue weighted by Crippen LogP contribution is -1.93. The Morgan fingerprint density at radius 3 is 1.97 bits per heavy atom. The predicted octanol–water partition coefficient (Wildman–Crippen LogP) is 6.32. The monoisotopic (exact) mass is 408 g/mol. The van der Waals surface area contributed by atoms with E-state index in [9.17, 15) is 8.78 Å². The molecule has 0 atom stereocenters. The Morgan fingerprint density at radius 1 is 0.645 bits per heavy atom. The van der Waals surface area contributed by atoms with Crippen molar-refractivity contribution in [1.82, 2.24) is 0 Å². The van der Waals surface area contributed by atoms with Crippen LogP contribution >= 0.6 is 0 Å². The zero-order valence-corrected chi connectivity index (χ0v) is 16.9. The topological polar surface area (TPSA) is 9.23 Å². The highest BCUT2D eigenvalue weighted by atomic mass is 19.1. The molecule has 0 heterocycles. The van der Waals surface area contributed by atoms with Crippen LogP contribution in [0.25, 0.3) is 10.8 Å². The fourth-order valence-electron chi connectivity index (χ4n) is 3.07. The summed E-state index contributed by atoms with van der Waals surface area (Å²) in [5.41, 5.74) is 2.79. The lowest BCUT2D eigenvalue weighted by Gasteiger charge is -2.03. The SMILES string of the molecule is CCOc1ccc(C#Cc2ccc(C#Cc3ccc4cc(F)ccc4c3)cc2)c(F)c1. The van der Waals surface area contributed by atoms with E-state index < -0.39 is 5.82 Å². The van der Waals surface area contributed by atoms with Crippen molar-refractivity contribution in [1.29, 1.82) is 0 Å². The van der Waals surface area contributed by atoms with Crippen LogP contribution in [0.5, 0.6) is 5.75 Å². The van der Waals surface area contributed by atoms with E-state index in [1.807, 2.05) is 49.4 Å². The van der Waals surface area contributed by atoms with E-state index >= 15 is 0 Å². The Kier molecular flexibility index (Phi) is 5.97. The molecule has 1 nitrogen and oxygen atoms in total. The quantitative estimate of drug-likeness (QED) is 0.353. The third-order valence-corrected chi connectivity index (χ3v) is 4.63. The molecular formula is C28H18F2O. The van der Waals surface area contributed by atoms with Crippen molar-refractivity contribution >= 4 is 10.8 Å². The molecule has 0 unspecified atom stereocenters. The molecule has 4 aromatic carbocycles. The molecule has 4 rings (SSSR count). The highest BCUT2D eigenvalue weighted by Crippen LogP contribution is 2.18. The third kappa shape index (κ3) is 5.10. The molecular weight excluding hydrogens is 390 g/mol. The van der Waals surface area contributed by atoms with Gasteiger partial charge >= 0.3 is 0 Å². The van der Waals surface area contributed by atoms with Crippen molar-refractivity contribution in [3.05, 3.63) is 113 Å². The van der Waals surface area contributed by atoms with E-state index in [-0.39, 0.29) is 5.82 Å². The van der Waals surface area contributed by atoms with Crippen LogP contribution in [0.1, 0.15) is 29.2 Å². The van der Waals surface area contributed by atoms with Gasteiger partial charge in [-0.05, 0) is 78.4 Å². The number of rotatable bonds is 2. The number of hydrogen-bond donors (Lipinski definition) is 0. The largest absolute Gasteiger partial charge is 0.494 e. The van der Waals surface area contributed by atoms with Crippen LogP contribution in [-0.4, -0.2) is 6.61 Å². The maximum atomic E-state index is 14.1. The molecule has 0 N–H and O–H groups in total. The average Bonchev–Trinajstić information content (AvgIpc) is 2.78. The number of ether oxygens (including phenoxy) is 1. The molecule has 0 aliphatic heterocycles. The first-order valence-corrected chi connectivity index (χ1v) is 9.86. The van der Waals surface area contributed by atoms with Gasteiger partial charge in [-0.1, -0.05) is 35.8 Å². The lowest BCUT2D eigenvalue weighted by molar-refractivity contribution is 0.338. The van der Waals surface area contributed by atoms with Crippen molar-refractivity contribution in [2.24, 2.45) is 0 Å². The van der Waals surface area contributed by atoms with Gasteiger partial charge in [-0.25, -0.2) is 8.78 Å².